The van der Waals surface area contributed by atoms with Gasteiger partial charge in [0, 0.05) is 27.0 Å². The minimum atomic E-state index is -0.160. The second kappa shape index (κ2) is 6.87. The van der Waals surface area contributed by atoms with Crippen molar-refractivity contribution in [2.45, 2.75) is 9.79 Å². The van der Waals surface area contributed by atoms with E-state index in [1.165, 1.54) is 11.8 Å². The topological polar surface area (TPSA) is 64.3 Å². The highest BCUT2D eigenvalue weighted by molar-refractivity contribution is 9.10. The van der Waals surface area contributed by atoms with Gasteiger partial charge in [0.2, 0.25) is 0 Å². The fourth-order valence-electron chi connectivity index (χ4n) is 1.77. The number of methoxy groups -OCH3 is 1. The number of nitrogens with one attached hydrogen (secondary N) is 1. The summed E-state index contributed by atoms with van der Waals surface area (Å²) in [6.07, 6.45) is 0. The molecule has 4 nitrogen and oxygen atoms in total. The zero-order valence-electron chi connectivity index (χ0n) is 11.6. The molecule has 0 unspecified atom stereocenters. The van der Waals surface area contributed by atoms with Gasteiger partial charge in [0.05, 0.1) is 12.7 Å². The molecule has 6 heteroatoms. The van der Waals surface area contributed by atoms with Gasteiger partial charge in [-0.15, -0.1) is 0 Å². The Hall–Kier alpha value is -1.66. The van der Waals surface area contributed by atoms with Gasteiger partial charge in [0.25, 0.3) is 5.91 Å². The van der Waals surface area contributed by atoms with Gasteiger partial charge in [-0.1, -0.05) is 27.7 Å². The Bertz CT molecular complexity index is 677. The fourth-order valence-corrected chi connectivity index (χ4v) is 3.09. The maximum absolute atomic E-state index is 12.0. The molecular formula is C15H15BrN2O2S. The number of ether oxygens (including phenoxy) is 1. The summed E-state index contributed by atoms with van der Waals surface area (Å²) >= 11 is 4.83. The van der Waals surface area contributed by atoms with Crippen LogP contribution in [0.15, 0.2) is 50.7 Å². The molecule has 0 aliphatic carbocycles. The van der Waals surface area contributed by atoms with Crippen molar-refractivity contribution in [3.8, 4) is 5.75 Å². The first-order valence-corrected chi connectivity index (χ1v) is 7.79. The van der Waals surface area contributed by atoms with E-state index in [0.717, 1.165) is 14.3 Å². The van der Waals surface area contributed by atoms with E-state index in [4.69, 9.17) is 10.5 Å². The van der Waals surface area contributed by atoms with Crippen molar-refractivity contribution in [3.63, 3.8) is 0 Å². The highest BCUT2D eigenvalue weighted by Gasteiger charge is 2.14. The number of nitrogens with two attached hydrogens (primary N) is 1. The number of halogens is 1. The first-order chi connectivity index (χ1) is 10.0. The van der Waals surface area contributed by atoms with Crippen molar-refractivity contribution in [1.82, 2.24) is 5.32 Å². The third-order valence-electron chi connectivity index (χ3n) is 2.85. The zero-order valence-corrected chi connectivity index (χ0v) is 14.0. The molecule has 2 aromatic carbocycles. The summed E-state index contributed by atoms with van der Waals surface area (Å²) in [6, 6.07) is 11.1. The minimum absolute atomic E-state index is 0.160. The van der Waals surface area contributed by atoms with Crippen LogP contribution in [0.2, 0.25) is 0 Å². The van der Waals surface area contributed by atoms with Gasteiger partial charge in [-0.25, -0.2) is 0 Å². The first-order valence-electron chi connectivity index (χ1n) is 6.18. The third kappa shape index (κ3) is 3.71. The monoisotopic (exact) mass is 366 g/mol. The Morgan fingerprint density at radius 1 is 1.24 bits per heavy atom. The lowest BCUT2D eigenvalue weighted by atomic mass is 10.2. The van der Waals surface area contributed by atoms with Crippen LogP contribution < -0.4 is 15.8 Å². The van der Waals surface area contributed by atoms with Crippen LogP contribution >= 0.6 is 27.7 Å². The van der Waals surface area contributed by atoms with Crippen LogP contribution in [0.5, 0.6) is 5.75 Å². The van der Waals surface area contributed by atoms with E-state index >= 15 is 0 Å². The van der Waals surface area contributed by atoms with Crippen LogP contribution in [0, 0.1) is 0 Å². The second-order valence-electron chi connectivity index (χ2n) is 4.23. The van der Waals surface area contributed by atoms with Gasteiger partial charge in [-0.3, -0.25) is 4.79 Å². The van der Waals surface area contributed by atoms with Gasteiger partial charge in [0.1, 0.15) is 5.75 Å². The second-order valence-corrected chi connectivity index (χ2v) is 6.22. The number of carbonyl (C=O) groups excluding carboxylic acids is 1. The van der Waals surface area contributed by atoms with E-state index in [1.807, 2.05) is 30.3 Å². The maximum atomic E-state index is 12.0. The molecule has 0 spiro atoms. The Labute approximate surface area is 136 Å². The van der Waals surface area contributed by atoms with Crippen LogP contribution in [-0.2, 0) is 0 Å². The molecule has 1 amide bonds. The SMILES string of the molecule is CNC(=O)c1cc(OC)ccc1Sc1ccc(Br)cc1N. The van der Waals surface area contributed by atoms with Crippen LogP contribution in [0.3, 0.4) is 0 Å². The first kappa shape index (κ1) is 15.7. The molecule has 0 saturated carbocycles. The standard InChI is InChI=1S/C15H15BrN2O2S/c1-18-15(19)11-8-10(20-2)4-6-13(11)21-14-5-3-9(16)7-12(14)17/h3-8H,17H2,1-2H3,(H,18,19). The summed E-state index contributed by atoms with van der Waals surface area (Å²) in [6.45, 7) is 0. The minimum Gasteiger partial charge on any atom is -0.497 e. The highest BCUT2D eigenvalue weighted by Crippen LogP contribution is 2.36. The summed E-state index contributed by atoms with van der Waals surface area (Å²) in [4.78, 5) is 13.7. The predicted octanol–water partition coefficient (Wildman–Crippen LogP) is 3.55. The molecule has 0 aliphatic heterocycles. The summed E-state index contributed by atoms with van der Waals surface area (Å²) in [5.74, 6) is 0.480. The van der Waals surface area contributed by atoms with Crippen molar-refractivity contribution in [2.24, 2.45) is 0 Å². The van der Waals surface area contributed by atoms with E-state index in [1.54, 1.807) is 20.2 Å². The summed E-state index contributed by atoms with van der Waals surface area (Å²) in [5.41, 5.74) is 7.23. The molecule has 2 rings (SSSR count). The molecule has 0 heterocycles. The number of amides is 1. The number of hydrogen-bond donors (Lipinski definition) is 2. The highest BCUT2D eigenvalue weighted by atomic mass is 79.9. The lowest BCUT2D eigenvalue weighted by molar-refractivity contribution is 0.0960. The van der Waals surface area contributed by atoms with E-state index < -0.39 is 0 Å². The van der Waals surface area contributed by atoms with E-state index in [0.29, 0.717) is 17.0 Å². The number of anilines is 1. The molecule has 0 saturated heterocycles. The smallest absolute Gasteiger partial charge is 0.252 e. The summed E-state index contributed by atoms with van der Waals surface area (Å²) in [5, 5.41) is 2.64. The number of benzene rings is 2. The molecule has 0 radical (unpaired) electrons. The van der Waals surface area contributed by atoms with Gasteiger partial charge in [-0.05, 0) is 36.4 Å². The maximum Gasteiger partial charge on any atom is 0.252 e. The Morgan fingerprint density at radius 3 is 2.57 bits per heavy atom. The van der Waals surface area contributed by atoms with E-state index in [-0.39, 0.29) is 5.91 Å². The lowest BCUT2D eigenvalue weighted by Crippen LogP contribution is -2.18. The molecule has 0 aliphatic rings. The molecular weight excluding hydrogens is 352 g/mol. The van der Waals surface area contributed by atoms with Crippen molar-refractivity contribution < 1.29 is 9.53 Å². The average molecular weight is 367 g/mol. The number of rotatable bonds is 4. The van der Waals surface area contributed by atoms with Gasteiger partial charge in [0.15, 0.2) is 0 Å². The normalized spacial score (nSPS) is 10.2. The van der Waals surface area contributed by atoms with Gasteiger partial charge < -0.3 is 15.8 Å². The van der Waals surface area contributed by atoms with Crippen LogP contribution in [0.4, 0.5) is 5.69 Å². The van der Waals surface area contributed by atoms with Gasteiger partial charge in [-0.2, -0.15) is 0 Å². The Balaban J connectivity index is 2.41. The van der Waals surface area contributed by atoms with Crippen molar-refractivity contribution in [1.29, 1.82) is 0 Å². The Kier molecular flexibility index (Phi) is 5.14. The molecule has 0 bridgehead atoms. The Morgan fingerprint density at radius 2 is 1.95 bits per heavy atom. The van der Waals surface area contributed by atoms with Crippen LogP contribution in [0.1, 0.15) is 10.4 Å². The molecule has 0 aromatic heterocycles. The predicted molar refractivity (Wildman–Crippen MR) is 89.1 cm³/mol. The third-order valence-corrected chi connectivity index (χ3v) is 4.51. The average Bonchev–Trinajstić information content (AvgIpc) is 2.49. The van der Waals surface area contributed by atoms with E-state index in [2.05, 4.69) is 21.2 Å². The lowest BCUT2D eigenvalue weighted by Gasteiger charge is -2.11. The number of carbonyl (C=O) groups is 1. The largest absolute Gasteiger partial charge is 0.497 e. The van der Waals surface area contributed by atoms with Crippen LogP contribution in [0.25, 0.3) is 0 Å². The molecule has 110 valence electrons. The van der Waals surface area contributed by atoms with Crippen LogP contribution in [-0.4, -0.2) is 20.1 Å². The molecule has 2 aromatic rings. The van der Waals surface area contributed by atoms with Crippen molar-refractivity contribution in [2.75, 3.05) is 19.9 Å². The summed E-state index contributed by atoms with van der Waals surface area (Å²) in [7, 11) is 3.17. The van der Waals surface area contributed by atoms with E-state index in [9.17, 15) is 4.79 Å². The number of hydrogen-bond acceptors (Lipinski definition) is 4. The van der Waals surface area contributed by atoms with Crippen molar-refractivity contribution in [3.05, 3.63) is 46.4 Å². The summed E-state index contributed by atoms with van der Waals surface area (Å²) < 4.78 is 6.10. The van der Waals surface area contributed by atoms with Gasteiger partial charge >= 0.3 is 0 Å². The van der Waals surface area contributed by atoms with Crippen molar-refractivity contribution >= 4 is 39.3 Å². The number of nitrogen functional groups attached to an aromatic ring is 1. The molecule has 3 N–H and O–H groups in total. The zero-order chi connectivity index (χ0) is 15.4. The molecule has 0 fully saturated rings. The molecule has 21 heavy (non-hydrogen) atoms. The molecule has 0 atom stereocenters. The quantitative estimate of drug-likeness (QED) is 0.812. The fraction of sp³-hybridized carbons (Fsp3) is 0.133.